The van der Waals surface area contributed by atoms with Crippen LogP contribution in [0.25, 0.3) is 0 Å². The maximum Gasteiger partial charge on any atom is 0.0587 e. The summed E-state index contributed by atoms with van der Waals surface area (Å²) in [5, 5.41) is 3.47. The summed E-state index contributed by atoms with van der Waals surface area (Å²) in [7, 11) is 1.74. The van der Waals surface area contributed by atoms with E-state index in [2.05, 4.69) is 43.4 Å². The standard InChI is InChI=1S/C18H31NO2/c1-4-5-12-21-13-10-18(15-19-11-14-20-3)17-8-6-16(2)7-9-17/h6-9,18-19H,4-5,10-15H2,1-3H3. The number of methoxy groups -OCH3 is 1. The number of hydrogen-bond acceptors (Lipinski definition) is 3. The largest absolute Gasteiger partial charge is 0.383 e. The number of rotatable bonds is 12. The molecule has 3 heteroatoms. The van der Waals surface area contributed by atoms with E-state index in [1.54, 1.807) is 7.11 Å². The number of aryl methyl sites for hydroxylation is 1. The van der Waals surface area contributed by atoms with Crippen molar-refractivity contribution in [2.75, 3.05) is 40.0 Å². The van der Waals surface area contributed by atoms with Crippen molar-refractivity contribution in [2.45, 2.75) is 39.0 Å². The van der Waals surface area contributed by atoms with E-state index in [-0.39, 0.29) is 0 Å². The van der Waals surface area contributed by atoms with E-state index in [0.717, 1.165) is 45.8 Å². The summed E-state index contributed by atoms with van der Waals surface area (Å²) in [5.74, 6) is 0.504. The molecule has 0 aliphatic rings. The first-order chi connectivity index (χ1) is 10.3. The van der Waals surface area contributed by atoms with E-state index >= 15 is 0 Å². The Hall–Kier alpha value is -0.900. The van der Waals surface area contributed by atoms with Gasteiger partial charge in [-0.1, -0.05) is 43.2 Å². The van der Waals surface area contributed by atoms with Crippen molar-refractivity contribution in [1.82, 2.24) is 5.32 Å². The van der Waals surface area contributed by atoms with Gasteiger partial charge in [0.1, 0.15) is 0 Å². The molecule has 120 valence electrons. The number of nitrogens with one attached hydrogen (secondary N) is 1. The molecule has 1 atom stereocenters. The van der Waals surface area contributed by atoms with Crippen molar-refractivity contribution in [3.05, 3.63) is 35.4 Å². The molecule has 0 spiro atoms. The van der Waals surface area contributed by atoms with Gasteiger partial charge in [0.05, 0.1) is 6.61 Å². The van der Waals surface area contributed by atoms with E-state index in [1.165, 1.54) is 17.5 Å². The molecule has 1 aromatic rings. The molecule has 1 unspecified atom stereocenters. The smallest absolute Gasteiger partial charge is 0.0587 e. The van der Waals surface area contributed by atoms with Crippen molar-refractivity contribution in [1.29, 1.82) is 0 Å². The van der Waals surface area contributed by atoms with Gasteiger partial charge in [0.15, 0.2) is 0 Å². The van der Waals surface area contributed by atoms with Gasteiger partial charge in [0, 0.05) is 33.4 Å². The molecule has 0 heterocycles. The van der Waals surface area contributed by atoms with Crippen molar-refractivity contribution in [2.24, 2.45) is 0 Å². The minimum atomic E-state index is 0.504. The molecule has 1 rings (SSSR count). The Morgan fingerprint density at radius 1 is 1.10 bits per heavy atom. The summed E-state index contributed by atoms with van der Waals surface area (Å²) in [6, 6.07) is 8.86. The van der Waals surface area contributed by atoms with Gasteiger partial charge in [-0.15, -0.1) is 0 Å². The fourth-order valence-electron chi connectivity index (χ4n) is 2.25. The quantitative estimate of drug-likeness (QED) is 0.598. The average molecular weight is 293 g/mol. The van der Waals surface area contributed by atoms with Gasteiger partial charge < -0.3 is 14.8 Å². The monoisotopic (exact) mass is 293 g/mol. The topological polar surface area (TPSA) is 30.5 Å². The summed E-state index contributed by atoms with van der Waals surface area (Å²) in [6.45, 7) is 8.67. The van der Waals surface area contributed by atoms with Crippen LogP contribution in [0.2, 0.25) is 0 Å². The van der Waals surface area contributed by atoms with Crippen LogP contribution in [0.3, 0.4) is 0 Å². The Morgan fingerprint density at radius 2 is 1.86 bits per heavy atom. The zero-order valence-electron chi connectivity index (χ0n) is 13.9. The highest BCUT2D eigenvalue weighted by Crippen LogP contribution is 2.19. The molecule has 0 aliphatic carbocycles. The second-order valence-electron chi connectivity index (χ2n) is 5.56. The molecule has 3 nitrogen and oxygen atoms in total. The second-order valence-corrected chi connectivity index (χ2v) is 5.56. The molecule has 0 fully saturated rings. The van der Waals surface area contributed by atoms with Crippen LogP contribution >= 0.6 is 0 Å². The Labute approximate surface area is 130 Å². The van der Waals surface area contributed by atoms with E-state index in [1.807, 2.05) is 0 Å². The summed E-state index contributed by atoms with van der Waals surface area (Å²) in [6.07, 6.45) is 3.41. The van der Waals surface area contributed by atoms with Gasteiger partial charge in [-0.05, 0) is 31.2 Å². The molecule has 0 saturated carbocycles. The van der Waals surface area contributed by atoms with Crippen molar-refractivity contribution < 1.29 is 9.47 Å². The number of benzene rings is 1. The lowest BCUT2D eigenvalue weighted by Crippen LogP contribution is -2.26. The highest BCUT2D eigenvalue weighted by molar-refractivity contribution is 5.24. The van der Waals surface area contributed by atoms with E-state index in [9.17, 15) is 0 Å². The summed E-state index contributed by atoms with van der Waals surface area (Å²) in [5.41, 5.74) is 2.70. The maximum atomic E-state index is 5.72. The van der Waals surface area contributed by atoms with E-state index in [0.29, 0.717) is 5.92 Å². The van der Waals surface area contributed by atoms with Crippen LogP contribution in [0.1, 0.15) is 43.2 Å². The van der Waals surface area contributed by atoms with Crippen LogP contribution < -0.4 is 5.32 Å². The molecule has 1 N–H and O–H groups in total. The molecular weight excluding hydrogens is 262 g/mol. The van der Waals surface area contributed by atoms with E-state index < -0.39 is 0 Å². The molecule has 0 radical (unpaired) electrons. The third-order valence-corrected chi connectivity index (χ3v) is 3.68. The molecule has 0 aliphatic heterocycles. The van der Waals surface area contributed by atoms with Crippen LogP contribution in [-0.2, 0) is 9.47 Å². The van der Waals surface area contributed by atoms with Gasteiger partial charge in [0.25, 0.3) is 0 Å². The Bertz CT molecular complexity index is 351. The van der Waals surface area contributed by atoms with Gasteiger partial charge in [-0.3, -0.25) is 0 Å². The van der Waals surface area contributed by atoms with E-state index in [4.69, 9.17) is 9.47 Å². The zero-order valence-corrected chi connectivity index (χ0v) is 13.9. The van der Waals surface area contributed by atoms with Gasteiger partial charge in [0.2, 0.25) is 0 Å². The van der Waals surface area contributed by atoms with Gasteiger partial charge in [-0.25, -0.2) is 0 Å². The SMILES string of the molecule is CCCCOCCC(CNCCOC)c1ccc(C)cc1. The maximum absolute atomic E-state index is 5.72. The fourth-order valence-corrected chi connectivity index (χ4v) is 2.25. The van der Waals surface area contributed by atoms with Crippen molar-refractivity contribution in [3.8, 4) is 0 Å². The van der Waals surface area contributed by atoms with Crippen LogP contribution in [0.5, 0.6) is 0 Å². The number of unbranched alkanes of at least 4 members (excludes halogenated alkanes) is 1. The van der Waals surface area contributed by atoms with Crippen LogP contribution in [0, 0.1) is 6.92 Å². The molecular formula is C18H31NO2. The Kier molecular flexibility index (Phi) is 10.1. The highest BCUT2D eigenvalue weighted by atomic mass is 16.5. The Morgan fingerprint density at radius 3 is 2.52 bits per heavy atom. The van der Waals surface area contributed by atoms with Gasteiger partial charge >= 0.3 is 0 Å². The first-order valence-electron chi connectivity index (χ1n) is 8.12. The summed E-state index contributed by atoms with van der Waals surface area (Å²) in [4.78, 5) is 0. The molecule has 0 aromatic heterocycles. The molecule has 0 saturated heterocycles. The third-order valence-electron chi connectivity index (χ3n) is 3.68. The number of hydrogen-bond donors (Lipinski definition) is 1. The van der Waals surface area contributed by atoms with Crippen LogP contribution in [0.4, 0.5) is 0 Å². The predicted molar refractivity (Wildman–Crippen MR) is 89.0 cm³/mol. The van der Waals surface area contributed by atoms with Crippen molar-refractivity contribution in [3.63, 3.8) is 0 Å². The summed E-state index contributed by atoms with van der Waals surface area (Å²) >= 11 is 0. The molecule has 0 amide bonds. The molecule has 0 bridgehead atoms. The minimum Gasteiger partial charge on any atom is -0.383 e. The van der Waals surface area contributed by atoms with Gasteiger partial charge in [-0.2, -0.15) is 0 Å². The lowest BCUT2D eigenvalue weighted by atomic mass is 9.95. The third kappa shape index (κ3) is 8.20. The first-order valence-corrected chi connectivity index (χ1v) is 8.12. The number of ether oxygens (including phenoxy) is 2. The second kappa shape index (κ2) is 11.7. The highest BCUT2D eigenvalue weighted by Gasteiger charge is 2.11. The predicted octanol–water partition coefficient (Wildman–Crippen LogP) is 3.52. The Balaban J connectivity index is 2.43. The lowest BCUT2D eigenvalue weighted by Gasteiger charge is -2.18. The minimum absolute atomic E-state index is 0.504. The molecule has 1 aromatic carbocycles. The van der Waals surface area contributed by atoms with Crippen molar-refractivity contribution >= 4 is 0 Å². The fraction of sp³-hybridized carbons (Fsp3) is 0.667. The van der Waals surface area contributed by atoms with Crippen LogP contribution in [-0.4, -0.2) is 40.0 Å². The molecule has 21 heavy (non-hydrogen) atoms. The summed E-state index contributed by atoms with van der Waals surface area (Å²) < 4.78 is 10.8. The normalized spacial score (nSPS) is 12.5. The van der Waals surface area contributed by atoms with Crippen LogP contribution in [0.15, 0.2) is 24.3 Å². The zero-order chi connectivity index (χ0) is 15.3. The first kappa shape index (κ1) is 18.1. The lowest BCUT2D eigenvalue weighted by molar-refractivity contribution is 0.123. The average Bonchev–Trinajstić information content (AvgIpc) is 2.50.